The first kappa shape index (κ1) is 19.8. The van der Waals surface area contributed by atoms with E-state index in [4.69, 9.17) is 11.6 Å². The predicted molar refractivity (Wildman–Crippen MR) is 117 cm³/mol. The van der Waals surface area contributed by atoms with Gasteiger partial charge in [0, 0.05) is 23.6 Å². The van der Waals surface area contributed by atoms with Crippen molar-refractivity contribution in [3.05, 3.63) is 96.4 Å². The van der Waals surface area contributed by atoms with Crippen molar-refractivity contribution in [1.82, 2.24) is 15.0 Å². The lowest BCUT2D eigenvalue weighted by atomic mass is 10.2. The van der Waals surface area contributed by atoms with Crippen LogP contribution in [0.1, 0.15) is 0 Å². The minimum absolute atomic E-state index is 0.116. The highest BCUT2D eigenvalue weighted by Crippen LogP contribution is 2.32. The first-order valence-corrected chi connectivity index (χ1v) is 10.8. The Bertz CT molecular complexity index is 1200. The Balaban J connectivity index is 1.71. The molecule has 2 heterocycles. The van der Waals surface area contributed by atoms with Crippen molar-refractivity contribution in [2.24, 2.45) is 0 Å². The van der Waals surface area contributed by atoms with Gasteiger partial charge in [-0.1, -0.05) is 23.7 Å². The number of anilines is 4. The number of halogens is 1. The van der Waals surface area contributed by atoms with Gasteiger partial charge in [-0.25, -0.2) is 23.4 Å². The Morgan fingerprint density at radius 1 is 0.800 bits per heavy atom. The van der Waals surface area contributed by atoms with Gasteiger partial charge in [0.2, 0.25) is 5.95 Å². The number of nitrogens with one attached hydrogen (secondary N) is 1. The second-order valence-electron chi connectivity index (χ2n) is 6.18. The fraction of sp³-hybridized carbons (Fsp3) is 0. The van der Waals surface area contributed by atoms with Crippen LogP contribution in [0.5, 0.6) is 0 Å². The Hall–Kier alpha value is -3.49. The zero-order valence-electron chi connectivity index (χ0n) is 15.6. The number of sulfonamides is 1. The molecule has 4 aromatic rings. The lowest BCUT2D eigenvalue weighted by molar-refractivity contribution is 0.601. The van der Waals surface area contributed by atoms with Crippen LogP contribution in [0.2, 0.25) is 5.02 Å². The third kappa shape index (κ3) is 4.40. The molecule has 0 aliphatic carbocycles. The SMILES string of the molecule is O=S(=O)(Nc1cccc(N(c2ccccn2)c2ncccn2)c1)c1ccc(Cl)cc1. The van der Waals surface area contributed by atoms with Gasteiger partial charge in [-0.3, -0.25) is 9.62 Å². The molecule has 7 nitrogen and oxygen atoms in total. The molecule has 0 aliphatic rings. The number of hydrogen-bond acceptors (Lipinski definition) is 6. The Morgan fingerprint density at radius 3 is 2.23 bits per heavy atom. The van der Waals surface area contributed by atoms with E-state index in [0.29, 0.717) is 28.2 Å². The van der Waals surface area contributed by atoms with E-state index < -0.39 is 10.0 Å². The number of hydrogen-bond donors (Lipinski definition) is 1. The topological polar surface area (TPSA) is 88.1 Å². The number of nitrogens with zero attached hydrogens (tertiary/aromatic N) is 4. The average molecular weight is 438 g/mol. The van der Waals surface area contributed by atoms with E-state index >= 15 is 0 Å². The van der Waals surface area contributed by atoms with E-state index in [1.165, 1.54) is 24.3 Å². The second kappa shape index (κ2) is 8.48. The summed E-state index contributed by atoms with van der Waals surface area (Å²) in [6, 6.07) is 20.1. The molecule has 0 unspecified atom stereocenters. The summed E-state index contributed by atoms with van der Waals surface area (Å²) in [6.07, 6.45) is 4.93. The first-order chi connectivity index (χ1) is 14.5. The highest BCUT2D eigenvalue weighted by atomic mass is 35.5. The van der Waals surface area contributed by atoms with E-state index in [2.05, 4.69) is 19.7 Å². The number of aromatic nitrogens is 3. The van der Waals surface area contributed by atoms with E-state index in [1.807, 2.05) is 24.3 Å². The van der Waals surface area contributed by atoms with Crippen molar-refractivity contribution in [2.45, 2.75) is 4.90 Å². The maximum atomic E-state index is 12.7. The second-order valence-corrected chi connectivity index (χ2v) is 8.30. The molecule has 0 saturated carbocycles. The lowest BCUT2D eigenvalue weighted by Gasteiger charge is -2.22. The minimum Gasteiger partial charge on any atom is -0.280 e. The molecule has 0 saturated heterocycles. The summed E-state index contributed by atoms with van der Waals surface area (Å²) in [5, 5.41) is 0.463. The molecule has 1 N–H and O–H groups in total. The summed E-state index contributed by atoms with van der Waals surface area (Å²) in [5.41, 5.74) is 1.04. The van der Waals surface area contributed by atoms with Crippen molar-refractivity contribution in [1.29, 1.82) is 0 Å². The number of benzene rings is 2. The molecule has 2 aromatic heterocycles. The monoisotopic (exact) mass is 437 g/mol. The van der Waals surface area contributed by atoms with Gasteiger partial charge < -0.3 is 0 Å². The van der Waals surface area contributed by atoms with Gasteiger partial charge >= 0.3 is 0 Å². The van der Waals surface area contributed by atoms with E-state index in [0.717, 1.165) is 0 Å². The molecule has 30 heavy (non-hydrogen) atoms. The molecule has 0 amide bonds. The van der Waals surface area contributed by atoms with Gasteiger partial charge in [0.05, 0.1) is 16.3 Å². The largest absolute Gasteiger partial charge is 0.280 e. The van der Waals surface area contributed by atoms with Crippen molar-refractivity contribution in [3.8, 4) is 0 Å². The fourth-order valence-electron chi connectivity index (χ4n) is 2.78. The highest BCUT2D eigenvalue weighted by molar-refractivity contribution is 7.92. The summed E-state index contributed by atoms with van der Waals surface area (Å²) in [6.45, 7) is 0. The van der Waals surface area contributed by atoms with Gasteiger partial charge in [-0.2, -0.15) is 0 Å². The third-order valence-electron chi connectivity index (χ3n) is 4.11. The summed E-state index contributed by atoms with van der Waals surface area (Å²) < 4.78 is 28.1. The standard InChI is InChI=1S/C21H16ClN5O2S/c22-16-8-10-19(11-9-16)30(28,29)26-17-5-3-6-18(15-17)27(20-7-1-2-12-23-20)21-24-13-4-14-25-21/h1-15,26H. The Labute approximate surface area is 179 Å². The molecular formula is C21H16ClN5O2S. The molecule has 0 atom stereocenters. The predicted octanol–water partition coefficient (Wildman–Crippen LogP) is 4.80. The Kier molecular flexibility index (Phi) is 5.60. The minimum atomic E-state index is -3.78. The van der Waals surface area contributed by atoms with Crippen LogP contribution in [-0.2, 0) is 10.0 Å². The zero-order chi connectivity index (χ0) is 21.0. The third-order valence-corrected chi connectivity index (χ3v) is 5.76. The van der Waals surface area contributed by atoms with Crippen molar-refractivity contribution in [3.63, 3.8) is 0 Å². The molecule has 9 heteroatoms. The zero-order valence-corrected chi connectivity index (χ0v) is 17.1. The summed E-state index contributed by atoms with van der Waals surface area (Å²) >= 11 is 5.86. The molecule has 0 fully saturated rings. The molecule has 4 rings (SSSR count). The van der Waals surface area contributed by atoms with Crippen LogP contribution in [0.4, 0.5) is 23.1 Å². The normalized spacial score (nSPS) is 11.1. The maximum Gasteiger partial charge on any atom is 0.261 e. The molecular weight excluding hydrogens is 422 g/mol. The lowest BCUT2D eigenvalue weighted by Crippen LogP contribution is -2.16. The molecule has 0 radical (unpaired) electrons. The van der Waals surface area contributed by atoms with Crippen molar-refractivity contribution in [2.75, 3.05) is 9.62 Å². The quantitative estimate of drug-likeness (QED) is 0.466. The molecule has 0 bridgehead atoms. The van der Waals surface area contributed by atoms with Crippen molar-refractivity contribution >= 4 is 44.8 Å². The van der Waals surface area contributed by atoms with Gasteiger partial charge in [0.15, 0.2) is 0 Å². The van der Waals surface area contributed by atoms with E-state index in [-0.39, 0.29) is 4.90 Å². The van der Waals surface area contributed by atoms with Gasteiger partial charge in [-0.15, -0.1) is 0 Å². The van der Waals surface area contributed by atoms with Gasteiger partial charge in [0.25, 0.3) is 10.0 Å². The van der Waals surface area contributed by atoms with E-state index in [9.17, 15) is 8.42 Å². The number of pyridine rings is 1. The van der Waals surface area contributed by atoms with Crippen LogP contribution in [0, 0.1) is 0 Å². The smallest absolute Gasteiger partial charge is 0.261 e. The summed E-state index contributed by atoms with van der Waals surface area (Å²) in [7, 11) is -3.78. The molecule has 0 spiro atoms. The summed E-state index contributed by atoms with van der Waals surface area (Å²) in [4.78, 5) is 14.9. The summed E-state index contributed by atoms with van der Waals surface area (Å²) in [5.74, 6) is 1.01. The van der Waals surface area contributed by atoms with Crippen LogP contribution in [0.15, 0.2) is 96.3 Å². The number of rotatable bonds is 6. The molecule has 2 aromatic carbocycles. The molecule has 0 aliphatic heterocycles. The van der Waals surface area contributed by atoms with Crippen LogP contribution < -0.4 is 9.62 Å². The highest BCUT2D eigenvalue weighted by Gasteiger charge is 2.18. The van der Waals surface area contributed by atoms with Crippen LogP contribution >= 0.6 is 11.6 Å². The van der Waals surface area contributed by atoms with Crippen LogP contribution in [-0.4, -0.2) is 23.4 Å². The average Bonchev–Trinajstić information content (AvgIpc) is 2.76. The fourth-order valence-corrected chi connectivity index (χ4v) is 3.95. The first-order valence-electron chi connectivity index (χ1n) is 8.89. The van der Waals surface area contributed by atoms with Crippen LogP contribution in [0.3, 0.4) is 0 Å². The van der Waals surface area contributed by atoms with E-state index in [1.54, 1.807) is 47.8 Å². The molecule has 150 valence electrons. The Morgan fingerprint density at radius 2 is 1.53 bits per heavy atom. The van der Waals surface area contributed by atoms with Crippen LogP contribution in [0.25, 0.3) is 0 Å². The maximum absolute atomic E-state index is 12.7. The van der Waals surface area contributed by atoms with Gasteiger partial charge in [0.1, 0.15) is 5.82 Å². The van der Waals surface area contributed by atoms with Gasteiger partial charge in [-0.05, 0) is 60.7 Å². The van der Waals surface area contributed by atoms with Crippen molar-refractivity contribution < 1.29 is 8.42 Å².